The van der Waals surface area contributed by atoms with Crippen LogP contribution in [0.15, 0.2) is 29.5 Å². The fourth-order valence-corrected chi connectivity index (χ4v) is 5.28. The van der Waals surface area contributed by atoms with E-state index in [1.807, 2.05) is 36.7 Å². The van der Waals surface area contributed by atoms with E-state index in [1.54, 1.807) is 23.1 Å². The number of carbonyl (C=O) groups is 1. The van der Waals surface area contributed by atoms with Crippen molar-refractivity contribution >= 4 is 22.9 Å². The third-order valence-electron chi connectivity index (χ3n) is 7.24. The standard InChI is InChI=1S/C24H31N7O2/c1-16-12-21(32)31(19-6-4-5-7-19)22-20(16)14-25-24(27-22)30-10-8-18(9-11-30)29(3)23(33)17-13-26-28(2)15-17/h12-15,18-19H,4-11H2,1-3H3. The van der Waals surface area contributed by atoms with Crippen LogP contribution in [0.25, 0.3) is 11.0 Å². The number of aromatic nitrogens is 5. The van der Waals surface area contributed by atoms with Gasteiger partial charge in [0.05, 0.1) is 11.8 Å². The highest BCUT2D eigenvalue weighted by molar-refractivity contribution is 5.93. The summed E-state index contributed by atoms with van der Waals surface area (Å²) in [6.45, 7) is 3.48. The molecule has 9 heteroatoms. The minimum Gasteiger partial charge on any atom is -0.341 e. The first-order valence-corrected chi connectivity index (χ1v) is 11.8. The van der Waals surface area contributed by atoms with Gasteiger partial charge in [-0.15, -0.1) is 0 Å². The highest BCUT2D eigenvalue weighted by Crippen LogP contribution is 2.31. The zero-order valence-electron chi connectivity index (χ0n) is 19.6. The molecule has 2 fully saturated rings. The van der Waals surface area contributed by atoms with E-state index in [9.17, 15) is 9.59 Å². The Bertz CT molecular complexity index is 1230. The van der Waals surface area contributed by atoms with Gasteiger partial charge in [0.2, 0.25) is 5.95 Å². The summed E-state index contributed by atoms with van der Waals surface area (Å²) < 4.78 is 3.54. The quantitative estimate of drug-likeness (QED) is 0.608. The van der Waals surface area contributed by atoms with E-state index in [1.165, 1.54) is 0 Å². The van der Waals surface area contributed by atoms with Crippen molar-refractivity contribution < 1.29 is 4.79 Å². The van der Waals surface area contributed by atoms with E-state index in [0.29, 0.717) is 11.5 Å². The van der Waals surface area contributed by atoms with Crippen molar-refractivity contribution in [1.82, 2.24) is 29.2 Å². The molecule has 1 aliphatic carbocycles. The number of aryl methyl sites for hydroxylation is 2. The third kappa shape index (κ3) is 4.00. The normalized spacial score (nSPS) is 17.7. The number of piperidine rings is 1. The van der Waals surface area contributed by atoms with Crippen LogP contribution in [0.3, 0.4) is 0 Å². The molecule has 0 atom stereocenters. The number of carbonyl (C=O) groups excluding carboxylic acids is 1. The van der Waals surface area contributed by atoms with Crippen LogP contribution in [0.2, 0.25) is 0 Å². The van der Waals surface area contributed by atoms with Gasteiger partial charge in [0.25, 0.3) is 11.5 Å². The molecule has 174 valence electrons. The maximum atomic E-state index is 12.9. The van der Waals surface area contributed by atoms with Gasteiger partial charge in [0.15, 0.2) is 0 Å². The summed E-state index contributed by atoms with van der Waals surface area (Å²) in [7, 11) is 3.68. The van der Waals surface area contributed by atoms with E-state index >= 15 is 0 Å². The second-order valence-electron chi connectivity index (χ2n) is 9.42. The van der Waals surface area contributed by atoms with Gasteiger partial charge < -0.3 is 9.80 Å². The molecule has 0 aromatic carbocycles. The molecule has 2 aliphatic rings. The molecule has 4 heterocycles. The molecule has 5 rings (SSSR count). The highest BCUT2D eigenvalue weighted by atomic mass is 16.2. The van der Waals surface area contributed by atoms with Crippen molar-refractivity contribution in [2.75, 3.05) is 25.0 Å². The van der Waals surface area contributed by atoms with E-state index in [2.05, 4.69) is 15.0 Å². The number of hydrogen-bond acceptors (Lipinski definition) is 6. The second kappa shape index (κ2) is 8.61. The number of hydrogen-bond donors (Lipinski definition) is 0. The Morgan fingerprint density at radius 2 is 1.85 bits per heavy atom. The van der Waals surface area contributed by atoms with E-state index in [4.69, 9.17) is 4.98 Å². The van der Waals surface area contributed by atoms with Gasteiger partial charge in [-0.2, -0.15) is 10.1 Å². The van der Waals surface area contributed by atoms with Gasteiger partial charge in [-0.1, -0.05) is 12.8 Å². The van der Waals surface area contributed by atoms with Crippen LogP contribution in [0.5, 0.6) is 0 Å². The Kier molecular flexibility index (Phi) is 5.64. The Hall–Kier alpha value is -3.23. The number of amides is 1. The molecule has 0 radical (unpaired) electrons. The molecule has 3 aromatic rings. The lowest BCUT2D eigenvalue weighted by atomic mass is 10.0. The first-order chi connectivity index (χ1) is 15.9. The maximum absolute atomic E-state index is 12.9. The number of anilines is 1. The summed E-state index contributed by atoms with van der Waals surface area (Å²) in [5, 5.41) is 5.06. The van der Waals surface area contributed by atoms with Crippen LogP contribution in [0.1, 0.15) is 60.5 Å². The summed E-state index contributed by atoms with van der Waals surface area (Å²) >= 11 is 0. The van der Waals surface area contributed by atoms with E-state index < -0.39 is 0 Å². The fraction of sp³-hybridized carbons (Fsp3) is 0.542. The average molecular weight is 450 g/mol. The van der Waals surface area contributed by atoms with Crippen molar-refractivity contribution in [2.24, 2.45) is 7.05 Å². The maximum Gasteiger partial charge on any atom is 0.257 e. The van der Waals surface area contributed by atoms with Crippen molar-refractivity contribution in [3.63, 3.8) is 0 Å². The predicted octanol–water partition coefficient (Wildman–Crippen LogP) is 2.69. The Balaban J connectivity index is 1.36. The van der Waals surface area contributed by atoms with Gasteiger partial charge in [0, 0.05) is 63.1 Å². The summed E-state index contributed by atoms with van der Waals surface area (Å²) in [5.41, 5.74) is 2.32. The molecule has 1 aliphatic heterocycles. The van der Waals surface area contributed by atoms with Crippen LogP contribution in [-0.4, -0.2) is 61.3 Å². The van der Waals surface area contributed by atoms with Crippen molar-refractivity contribution in [3.05, 3.63) is 46.1 Å². The molecule has 0 spiro atoms. The van der Waals surface area contributed by atoms with Gasteiger partial charge >= 0.3 is 0 Å². The Morgan fingerprint density at radius 1 is 1.12 bits per heavy atom. The minimum absolute atomic E-state index is 0.000407. The van der Waals surface area contributed by atoms with Crippen LogP contribution >= 0.6 is 0 Å². The number of rotatable bonds is 4. The zero-order chi connectivity index (χ0) is 23.1. The van der Waals surface area contributed by atoms with E-state index in [0.717, 1.165) is 68.2 Å². The Labute approximate surface area is 193 Å². The molecule has 0 N–H and O–H groups in total. The van der Waals surface area contributed by atoms with Crippen molar-refractivity contribution in [1.29, 1.82) is 0 Å². The van der Waals surface area contributed by atoms with Crippen molar-refractivity contribution in [3.8, 4) is 0 Å². The molecule has 1 saturated heterocycles. The molecule has 1 saturated carbocycles. The molecule has 0 unspecified atom stereocenters. The largest absolute Gasteiger partial charge is 0.341 e. The molecule has 0 bridgehead atoms. The van der Waals surface area contributed by atoms with Gasteiger partial charge in [0.1, 0.15) is 5.65 Å². The third-order valence-corrected chi connectivity index (χ3v) is 7.24. The average Bonchev–Trinajstić information content (AvgIpc) is 3.50. The summed E-state index contributed by atoms with van der Waals surface area (Å²) in [6.07, 6.45) is 11.3. The van der Waals surface area contributed by atoms with Gasteiger partial charge in [-0.25, -0.2) is 4.98 Å². The van der Waals surface area contributed by atoms with E-state index in [-0.39, 0.29) is 23.6 Å². The number of fused-ring (bicyclic) bond motifs is 1. The molecule has 3 aromatic heterocycles. The van der Waals surface area contributed by atoms with Crippen LogP contribution in [0.4, 0.5) is 5.95 Å². The molecule has 9 nitrogen and oxygen atoms in total. The predicted molar refractivity (Wildman–Crippen MR) is 127 cm³/mol. The Morgan fingerprint density at radius 3 is 2.52 bits per heavy atom. The number of nitrogens with zero attached hydrogens (tertiary/aromatic N) is 7. The lowest BCUT2D eigenvalue weighted by Crippen LogP contribution is -2.46. The second-order valence-corrected chi connectivity index (χ2v) is 9.42. The topological polar surface area (TPSA) is 89.2 Å². The lowest BCUT2D eigenvalue weighted by Gasteiger charge is -2.36. The monoisotopic (exact) mass is 449 g/mol. The fourth-order valence-electron chi connectivity index (χ4n) is 5.28. The SMILES string of the molecule is Cc1cc(=O)n(C2CCCC2)c2nc(N3CCC(N(C)C(=O)c4cnn(C)c4)CC3)ncc12. The van der Waals surface area contributed by atoms with Gasteiger partial charge in [-0.3, -0.25) is 18.8 Å². The molecular formula is C24H31N7O2. The highest BCUT2D eigenvalue weighted by Gasteiger charge is 2.28. The van der Waals surface area contributed by atoms with Crippen LogP contribution in [0, 0.1) is 6.92 Å². The lowest BCUT2D eigenvalue weighted by molar-refractivity contribution is 0.0709. The molecule has 1 amide bonds. The van der Waals surface area contributed by atoms with Crippen molar-refractivity contribution in [2.45, 2.75) is 57.5 Å². The number of pyridine rings is 1. The first-order valence-electron chi connectivity index (χ1n) is 11.8. The first kappa shape index (κ1) is 21.6. The zero-order valence-corrected chi connectivity index (χ0v) is 19.6. The minimum atomic E-state index is -0.000407. The van der Waals surface area contributed by atoms with Crippen LogP contribution in [-0.2, 0) is 7.05 Å². The molecule has 33 heavy (non-hydrogen) atoms. The van der Waals surface area contributed by atoms with Crippen LogP contribution < -0.4 is 10.5 Å². The summed E-state index contributed by atoms with van der Waals surface area (Å²) in [6, 6.07) is 2.10. The molecular weight excluding hydrogens is 418 g/mol. The smallest absolute Gasteiger partial charge is 0.257 e. The van der Waals surface area contributed by atoms with Gasteiger partial charge in [-0.05, 0) is 38.2 Å². The summed E-state index contributed by atoms with van der Waals surface area (Å²) in [5.74, 6) is 0.665. The summed E-state index contributed by atoms with van der Waals surface area (Å²) in [4.78, 5) is 39.2.